The van der Waals surface area contributed by atoms with E-state index in [4.69, 9.17) is 4.74 Å². The zero-order valence-corrected chi connectivity index (χ0v) is 16.4. The molecular weight excluding hydrogens is 330 g/mol. The summed E-state index contributed by atoms with van der Waals surface area (Å²) in [6, 6.07) is 5.86. The SMILES string of the molecule is CCC(=O)Nc1ccc(N(C)C)c(CN(C[C@H]2CCCO2)C(=O)CC)c1. The molecular formula is C20H31N3O3. The molecule has 0 radical (unpaired) electrons. The minimum Gasteiger partial charge on any atom is -0.377 e. The highest BCUT2D eigenvalue weighted by atomic mass is 16.5. The van der Waals surface area contributed by atoms with Crippen LogP contribution in [0.5, 0.6) is 0 Å². The Morgan fingerprint density at radius 1 is 1.23 bits per heavy atom. The van der Waals surface area contributed by atoms with Crippen molar-refractivity contribution in [3.8, 4) is 0 Å². The van der Waals surface area contributed by atoms with Gasteiger partial charge in [0.25, 0.3) is 0 Å². The van der Waals surface area contributed by atoms with Gasteiger partial charge in [-0.05, 0) is 36.6 Å². The second-order valence-corrected chi connectivity index (χ2v) is 6.90. The van der Waals surface area contributed by atoms with E-state index in [1.807, 2.05) is 55.9 Å². The van der Waals surface area contributed by atoms with Gasteiger partial charge in [0, 0.05) is 58.0 Å². The van der Waals surface area contributed by atoms with Gasteiger partial charge in [-0.3, -0.25) is 9.59 Å². The molecule has 1 aromatic carbocycles. The molecule has 0 saturated carbocycles. The molecule has 0 spiro atoms. The summed E-state index contributed by atoms with van der Waals surface area (Å²) in [5, 5.41) is 2.90. The molecule has 1 heterocycles. The van der Waals surface area contributed by atoms with Gasteiger partial charge in [0.2, 0.25) is 11.8 Å². The number of anilines is 2. The molecule has 0 aromatic heterocycles. The van der Waals surface area contributed by atoms with Crippen molar-refractivity contribution in [3.63, 3.8) is 0 Å². The van der Waals surface area contributed by atoms with Gasteiger partial charge in [-0.2, -0.15) is 0 Å². The van der Waals surface area contributed by atoms with E-state index in [1.165, 1.54) is 0 Å². The van der Waals surface area contributed by atoms with Crippen molar-refractivity contribution in [1.29, 1.82) is 0 Å². The fourth-order valence-corrected chi connectivity index (χ4v) is 3.19. The Balaban J connectivity index is 2.24. The third-order valence-electron chi connectivity index (χ3n) is 4.63. The summed E-state index contributed by atoms with van der Waals surface area (Å²) in [6.45, 7) is 5.62. The van der Waals surface area contributed by atoms with Crippen LogP contribution in [0.2, 0.25) is 0 Å². The number of amides is 2. The van der Waals surface area contributed by atoms with Crippen LogP contribution in [0.3, 0.4) is 0 Å². The third-order valence-corrected chi connectivity index (χ3v) is 4.63. The van der Waals surface area contributed by atoms with Gasteiger partial charge in [0.15, 0.2) is 0 Å². The predicted molar refractivity (Wildman–Crippen MR) is 104 cm³/mol. The Morgan fingerprint density at radius 3 is 2.58 bits per heavy atom. The molecule has 2 amide bonds. The van der Waals surface area contributed by atoms with E-state index in [-0.39, 0.29) is 17.9 Å². The monoisotopic (exact) mass is 361 g/mol. The van der Waals surface area contributed by atoms with E-state index in [9.17, 15) is 9.59 Å². The summed E-state index contributed by atoms with van der Waals surface area (Å²) in [7, 11) is 3.96. The number of carbonyl (C=O) groups excluding carboxylic acids is 2. The van der Waals surface area contributed by atoms with Crippen molar-refractivity contribution in [2.45, 2.75) is 52.2 Å². The maximum Gasteiger partial charge on any atom is 0.224 e. The number of rotatable bonds is 8. The molecule has 0 bridgehead atoms. The minimum absolute atomic E-state index is 0.0191. The molecule has 6 nitrogen and oxygen atoms in total. The molecule has 1 saturated heterocycles. The van der Waals surface area contributed by atoms with Crippen molar-refractivity contribution < 1.29 is 14.3 Å². The lowest BCUT2D eigenvalue weighted by Crippen LogP contribution is -2.36. The first-order chi connectivity index (χ1) is 12.4. The van der Waals surface area contributed by atoms with Gasteiger partial charge >= 0.3 is 0 Å². The highest BCUT2D eigenvalue weighted by Gasteiger charge is 2.23. The maximum absolute atomic E-state index is 12.5. The Kier molecular flexibility index (Phi) is 7.45. The second kappa shape index (κ2) is 9.57. The van der Waals surface area contributed by atoms with Gasteiger partial charge in [-0.25, -0.2) is 0 Å². The number of benzene rings is 1. The number of ether oxygens (including phenoxy) is 1. The van der Waals surface area contributed by atoms with E-state index < -0.39 is 0 Å². The van der Waals surface area contributed by atoms with E-state index in [1.54, 1.807) is 0 Å². The number of hydrogen-bond donors (Lipinski definition) is 1. The molecule has 1 aliphatic heterocycles. The molecule has 1 aromatic rings. The lowest BCUT2D eigenvalue weighted by molar-refractivity contribution is -0.133. The quantitative estimate of drug-likeness (QED) is 0.773. The second-order valence-electron chi connectivity index (χ2n) is 6.90. The number of carbonyl (C=O) groups is 2. The number of nitrogens with one attached hydrogen (secondary N) is 1. The molecule has 2 rings (SSSR count). The molecule has 144 valence electrons. The molecule has 1 aliphatic rings. The summed E-state index contributed by atoms with van der Waals surface area (Å²) in [6.07, 6.45) is 3.08. The smallest absolute Gasteiger partial charge is 0.224 e. The van der Waals surface area contributed by atoms with Crippen molar-refractivity contribution >= 4 is 23.2 Å². The first-order valence-corrected chi connectivity index (χ1v) is 9.44. The van der Waals surface area contributed by atoms with Gasteiger partial charge in [-0.15, -0.1) is 0 Å². The summed E-state index contributed by atoms with van der Waals surface area (Å²) < 4.78 is 5.72. The average molecular weight is 361 g/mol. The first kappa shape index (κ1) is 20.2. The zero-order chi connectivity index (χ0) is 19.1. The van der Waals surface area contributed by atoms with Crippen molar-refractivity contribution in [2.75, 3.05) is 37.5 Å². The van der Waals surface area contributed by atoms with Gasteiger partial charge in [0.1, 0.15) is 0 Å². The van der Waals surface area contributed by atoms with E-state index >= 15 is 0 Å². The largest absolute Gasteiger partial charge is 0.377 e. The maximum atomic E-state index is 12.5. The fourth-order valence-electron chi connectivity index (χ4n) is 3.19. The summed E-state index contributed by atoms with van der Waals surface area (Å²) >= 11 is 0. The fraction of sp³-hybridized carbons (Fsp3) is 0.600. The van der Waals surface area contributed by atoms with E-state index in [2.05, 4.69) is 5.32 Å². The molecule has 26 heavy (non-hydrogen) atoms. The molecule has 0 aliphatic carbocycles. The molecule has 1 atom stereocenters. The van der Waals surface area contributed by atoms with Crippen LogP contribution in [-0.4, -0.2) is 50.1 Å². The molecule has 1 fully saturated rings. The number of nitrogens with zero attached hydrogens (tertiary/aromatic N) is 2. The molecule has 1 N–H and O–H groups in total. The zero-order valence-electron chi connectivity index (χ0n) is 16.4. The topological polar surface area (TPSA) is 61.9 Å². The highest BCUT2D eigenvalue weighted by molar-refractivity contribution is 5.91. The van der Waals surface area contributed by atoms with Gasteiger partial charge < -0.3 is 19.9 Å². The molecule has 6 heteroatoms. The van der Waals surface area contributed by atoms with Crippen LogP contribution < -0.4 is 10.2 Å². The lowest BCUT2D eigenvalue weighted by Gasteiger charge is -2.28. The van der Waals surface area contributed by atoms with Crippen LogP contribution in [0, 0.1) is 0 Å². The highest BCUT2D eigenvalue weighted by Crippen LogP contribution is 2.26. The minimum atomic E-state index is -0.0191. The lowest BCUT2D eigenvalue weighted by atomic mass is 10.1. The van der Waals surface area contributed by atoms with Crippen LogP contribution in [0.1, 0.15) is 45.1 Å². The molecule has 0 unspecified atom stereocenters. The Bertz CT molecular complexity index is 625. The van der Waals surface area contributed by atoms with Gasteiger partial charge in [-0.1, -0.05) is 13.8 Å². The summed E-state index contributed by atoms with van der Waals surface area (Å²) in [5.41, 5.74) is 2.82. The van der Waals surface area contributed by atoms with Gasteiger partial charge in [0.05, 0.1) is 6.10 Å². The third kappa shape index (κ3) is 5.46. The Labute approximate surface area is 156 Å². The van der Waals surface area contributed by atoms with Crippen LogP contribution in [0.15, 0.2) is 18.2 Å². The van der Waals surface area contributed by atoms with E-state index in [0.717, 1.165) is 36.4 Å². The van der Waals surface area contributed by atoms with Crippen LogP contribution in [-0.2, 0) is 20.9 Å². The Morgan fingerprint density at radius 2 is 2.00 bits per heavy atom. The normalized spacial score (nSPS) is 16.4. The first-order valence-electron chi connectivity index (χ1n) is 9.44. The number of hydrogen-bond acceptors (Lipinski definition) is 4. The summed E-state index contributed by atoms with van der Waals surface area (Å²) in [4.78, 5) is 28.1. The summed E-state index contributed by atoms with van der Waals surface area (Å²) in [5.74, 6) is 0.0996. The van der Waals surface area contributed by atoms with Crippen molar-refractivity contribution in [1.82, 2.24) is 4.90 Å². The predicted octanol–water partition coefficient (Wildman–Crippen LogP) is 3.02. The van der Waals surface area contributed by atoms with Crippen LogP contribution in [0.4, 0.5) is 11.4 Å². The van der Waals surface area contributed by atoms with Crippen molar-refractivity contribution in [2.24, 2.45) is 0 Å². The van der Waals surface area contributed by atoms with Crippen molar-refractivity contribution in [3.05, 3.63) is 23.8 Å². The van der Waals surface area contributed by atoms with Crippen LogP contribution >= 0.6 is 0 Å². The Hall–Kier alpha value is -2.08. The standard InChI is InChI=1S/C20H31N3O3/c1-5-19(24)21-16-9-10-18(22(3)4)15(12-16)13-23(20(25)6-2)14-17-8-7-11-26-17/h9-10,12,17H,5-8,11,13-14H2,1-4H3,(H,21,24)/t17-/m1/s1. The van der Waals surface area contributed by atoms with Crippen LogP contribution in [0.25, 0.3) is 0 Å². The van der Waals surface area contributed by atoms with E-state index in [0.29, 0.717) is 25.9 Å². The average Bonchev–Trinajstić information content (AvgIpc) is 3.13.